The first-order chi connectivity index (χ1) is 18.1. The van der Waals surface area contributed by atoms with Crippen LogP contribution in [0.4, 0.5) is 10.8 Å². The summed E-state index contributed by atoms with van der Waals surface area (Å²) < 4.78 is 13.1. The van der Waals surface area contributed by atoms with Crippen LogP contribution in [-0.2, 0) is 0 Å². The third kappa shape index (κ3) is 4.90. The van der Waals surface area contributed by atoms with Gasteiger partial charge >= 0.3 is 0 Å². The second-order valence-corrected chi connectivity index (χ2v) is 11.1. The van der Waals surface area contributed by atoms with Crippen molar-refractivity contribution in [2.75, 3.05) is 52.3 Å². The molecular weight excluding hydrogens is 502 g/mol. The van der Waals surface area contributed by atoms with E-state index >= 15 is 0 Å². The minimum atomic E-state index is 0.693. The van der Waals surface area contributed by atoms with Gasteiger partial charge in [0, 0.05) is 43.6 Å². The predicted molar refractivity (Wildman–Crippen MR) is 155 cm³/mol. The summed E-state index contributed by atoms with van der Waals surface area (Å²) in [6.07, 6.45) is 1.87. The smallest absolute Gasteiger partial charge is 0.210 e. The highest BCUT2D eigenvalue weighted by Crippen LogP contribution is 2.36. The minimum absolute atomic E-state index is 0.693. The van der Waals surface area contributed by atoms with E-state index in [0.717, 1.165) is 67.9 Å². The lowest BCUT2D eigenvalue weighted by Crippen LogP contribution is -2.44. The maximum Gasteiger partial charge on any atom is 0.210 e. The number of thiazole rings is 2. The molecule has 2 aromatic heterocycles. The molecule has 9 heteroatoms. The number of anilines is 1. The lowest BCUT2D eigenvalue weighted by molar-refractivity contribution is 0.313. The van der Waals surface area contributed by atoms with Crippen LogP contribution in [0.5, 0.6) is 11.5 Å². The Morgan fingerprint density at radius 3 is 2.46 bits per heavy atom. The Hall–Kier alpha value is -3.53. The Labute approximate surface area is 223 Å². The Balaban J connectivity index is 1.22. The van der Waals surface area contributed by atoms with Crippen LogP contribution < -0.4 is 14.4 Å². The Kier molecular flexibility index (Phi) is 6.50. The first-order valence-corrected chi connectivity index (χ1v) is 13.7. The Bertz CT molecular complexity index is 1600. The second-order valence-electron chi connectivity index (χ2n) is 9.01. The molecule has 3 aromatic carbocycles. The molecule has 188 valence electrons. The third-order valence-electron chi connectivity index (χ3n) is 6.60. The fraction of sp³-hybridized carbons (Fsp3) is 0.250. The summed E-state index contributed by atoms with van der Waals surface area (Å²) in [5, 5.41) is 1.70. The Morgan fingerprint density at radius 1 is 0.811 bits per heavy atom. The number of benzene rings is 3. The highest BCUT2D eigenvalue weighted by Gasteiger charge is 2.15. The average Bonchev–Trinajstić information content (AvgIpc) is 3.55. The van der Waals surface area contributed by atoms with E-state index in [0.29, 0.717) is 11.5 Å². The molecule has 1 aliphatic heterocycles. The molecule has 1 aliphatic rings. The molecule has 37 heavy (non-hydrogen) atoms. The maximum atomic E-state index is 5.45. The topological polar surface area (TPSA) is 63.1 Å². The molecule has 0 unspecified atom stereocenters. The van der Waals surface area contributed by atoms with E-state index in [1.807, 2.05) is 24.4 Å². The van der Waals surface area contributed by atoms with Crippen LogP contribution in [0.25, 0.3) is 31.0 Å². The van der Waals surface area contributed by atoms with Crippen molar-refractivity contribution in [2.24, 2.45) is 4.99 Å². The van der Waals surface area contributed by atoms with Crippen molar-refractivity contribution in [2.45, 2.75) is 0 Å². The van der Waals surface area contributed by atoms with Gasteiger partial charge in [0.25, 0.3) is 0 Å². The van der Waals surface area contributed by atoms with Crippen molar-refractivity contribution in [3.05, 3.63) is 60.2 Å². The third-order valence-corrected chi connectivity index (χ3v) is 8.61. The van der Waals surface area contributed by atoms with Gasteiger partial charge in [0.2, 0.25) is 5.13 Å². The molecule has 0 N–H and O–H groups in total. The molecule has 0 amide bonds. The number of nitrogens with zero attached hydrogens (tertiary/aromatic N) is 5. The number of piperazine rings is 1. The van der Waals surface area contributed by atoms with E-state index in [2.05, 4.69) is 58.2 Å². The summed E-state index contributed by atoms with van der Waals surface area (Å²) in [4.78, 5) is 19.1. The van der Waals surface area contributed by atoms with Crippen LogP contribution in [-0.4, -0.2) is 68.5 Å². The average molecular weight is 530 g/mol. The molecule has 0 atom stereocenters. The number of likely N-dealkylation sites (N-methyl/N-ethyl adjacent to an activating group) is 1. The van der Waals surface area contributed by atoms with Gasteiger partial charge in [0.05, 0.1) is 34.7 Å². The molecule has 0 aliphatic carbocycles. The molecule has 5 aromatic rings. The fourth-order valence-corrected chi connectivity index (χ4v) is 6.25. The summed E-state index contributed by atoms with van der Waals surface area (Å²) >= 11 is 3.28. The number of aliphatic imine (C=N–C) groups is 1. The van der Waals surface area contributed by atoms with Crippen LogP contribution in [0.3, 0.4) is 0 Å². The van der Waals surface area contributed by atoms with Crippen LogP contribution in [0.1, 0.15) is 5.56 Å². The standard InChI is InChI=1S/C28H27N5O2S2/c1-32-10-12-33(13-11-32)20-6-7-21-26(16-20)37-28(31-21)29-17-18-4-9-25-22(14-18)30-27(36-25)19-5-8-23(34-2)24(15-19)35-3/h4-9,14-17H,10-13H2,1-3H3/b29-17+. The van der Waals surface area contributed by atoms with Gasteiger partial charge < -0.3 is 19.3 Å². The zero-order valence-corrected chi connectivity index (χ0v) is 22.6. The fourth-order valence-electron chi connectivity index (χ4n) is 4.46. The Morgan fingerprint density at radius 2 is 1.65 bits per heavy atom. The molecule has 1 saturated heterocycles. The first kappa shape index (κ1) is 23.8. The predicted octanol–water partition coefficient (Wildman–Crippen LogP) is 6.09. The molecule has 3 heterocycles. The summed E-state index contributed by atoms with van der Waals surface area (Å²) in [7, 11) is 5.46. The summed E-state index contributed by atoms with van der Waals surface area (Å²) in [5.41, 5.74) is 5.19. The van der Waals surface area contributed by atoms with Crippen molar-refractivity contribution in [3.8, 4) is 22.1 Å². The molecule has 0 saturated carbocycles. The molecule has 1 fully saturated rings. The van der Waals surface area contributed by atoms with Crippen molar-refractivity contribution in [3.63, 3.8) is 0 Å². The molecule has 0 radical (unpaired) electrons. The number of methoxy groups -OCH3 is 2. The highest BCUT2D eigenvalue weighted by molar-refractivity contribution is 7.22. The van der Waals surface area contributed by atoms with Gasteiger partial charge in [-0.2, -0.15) is 0 Å². The molecule has 7 nitrogen and oxygen atoms in total. The number of ether oxygens (including phenoxy) is 2. The van der Waals surface area contributed by atoms with Gasteiger partial charge in [0.1, 0.15) is 5.01 Å². The lowest BCUT2D eigenvalue weighted by atomic mass is 10.2. The van der Waals surface area contributed by atoms with Crippen LogP contribution in [0.15, 0.2) is 59.6 Å². The molecule has 0 spiro atoms. The van der Waals surface area contributed by atoms with E-state index in [1.165, 1.54) is 5.69 Å². The van der Waals surface area contributed by atoms with Gasteiger partial charge in [0.15, 0.2) is 11.5 Å². The second kappa shape index (κ2) is 10.1. The molecule has 0 bridgehead atoms. The summed E-state index contributed by atoms with van der Waals surface area (Å²) in [6, 6.07) is 18.6. The molecule has 6 rings (SSSR count). The number of hydrogen-bond donors (Lipinski definition) is 0. The van der Waals surface area contributed by atoms with Gasteiger partial charge in [-0.3, -0.25) is 0 Å². The van der Waals surface area contributed by atoms with Crippen molar-refractivity contribution in [1.82, 2.24) is 14.9 Å². The number of aromatic nitrogens is 2. The minimum Gasteiger partial charge on any atom is -0.493 e. The van der Waals surface area contributed by atoms with E-state index < -0.39 is 0 Å². The van der Waals surface area contributed by atoms with E-state index in [4.69, 9.17) is 19.4 Å². The van der Waals surface area contributed by atoms with Crippen molar-refractivity contribution >= 4 is 60.1 Å². The molecular formula is C28H27N5O2S2. The largest absolute Gasteiger partial charge is 0.493 e. The normalized spacial score (nSPS) is 14.7. The summed E-state index contributed by atoms with van der Waals surface area (Å²) in [6.45, 7) is 4.29. The first-order valence-electron chi connectivity index (χ1n) is 12.1. The van der Waals surface area contributed by atoms with Gasteiger partial charge in [-0.15, -0.1) is 11.3 Å². The van der Waals surface area contributed by atoms with Crippen molar-refractivity contribution in [1.29, 1.82) is 0 Å². The van der Waals surface area contributed by atoms with E-state index in [1.54, 1.807) is 36.9 Å². The van der Waals surface area contributed by atoms with Crippen LogP contribution in [0.2, 0.25) is 0 Å². The van der Waals surface area contributed by atoms with Gasteiger partial charge in [-0.05, 0) is 61.1 Å². The number of rotatable bonds is 6. The number of fused-ring (bicyclic) bond motifs is 2. The van der Waals surface area contributed by atoms with Gasteiger partial charge in [-0.1, -0.05) is 17.4 Å². The lowest BCUT2D eigenvalue weighted by Gasteiger charge is -2.34. The SMILES string of the molecule is COc1ccc(-c2nc3cc(/C=N/c4nc5ccc(N6CCN(C)CC6)cc5s4)ccc3s2)cc1OC. The van der Waals surface area contributed by atoms with Crippen LogP contribution >= 0.6 is 22.7 Å². The van der Waals surface area contributed by atoms with E-state index in [9.17, 15) is 0 Å². The van der Waals surface area contributed by atoms with Crippen molar-refractivity contribution < 1.29 is 9.47 Å². The quantitative estimate of drug-likeness (QED) is 0.248. The monoisotopic (exact) mass is 529 g/mol. The van der Waals surface area contributed by atoms with Gasteiger partial charge in [-0.25, -0.2) is 15.0 Å². The zero-order valence-electron chi connectivity index (χ0n) is 21.0. The van der Waals surface area contributed by atoms with E-state index in [-0.39, 0.29) is 0 Å². The summed E-state index contributed by atoms with van der Waals surface area (Å²) in [5.74, 6) is 1.40. The zero-order chi connectivity index (χ0) is 25.4. The maximum absolute atomic E-state index is 5.45. The number of hydrogen-bond acceptors (Lipinski definition) is 9. The highest BCUT2D eigenvalue weighted by atomic mass is 32.1. The van der Waals surface area contributed by atoms with Crippen LogP contribution in [0, 0.1) is 0 Å².